The minimum atomic E-state index is -3.61. The van der Waals surface area contributed by atoms with Crippen LogP contribution in [-0.4, -0.2) is 49.9 Å². The van der Waals surface area contributed by atoms with Gasteiger partial charge >= 0.3 is 5.97 Å². The zero-order chi connectivity index (χ0) is 17.0. The van der Waals surface area contributed by atoms with Crippen LogP contribution in [0, 0.1) is 0 Å². The van der Waals surface area contributed by atoms with Crippen molar-refractivity contribution in [2.24, 2.45) is 0 Å². The first-order chi connectivity index (χ1) is 10.8. The van der Waals surface area contributed by atoms with Crippen LogP contribution in [0.3, 0.4) is 0 Å². The van der Waals surface area contributed by atoms with Crippen LogP contribution in [0.1, 0.15) is 36.0 Å². The maximum atomic E-state index is 12.3. The van der Waals surface area contributed by atoms with Crippen molar-refractivity contribution in [3.05, 3.63) is 29.8 Å². The first-order valence-electron chi connectivity index (χ1n) is 7.39. The van der Waals surface area contributed by atoms with E-state index in [1.807, 2.05) is 0 Å². The van der Waals surface area contributed by atoms with Crippen molar-refractivity contribution >= 4 is 21.9 Å². The van der Waals surface area contributed by atoms with Crippen LogP contribution in [0.25, 0.3) is 0 Å². The Balaban J connectivity index is 2.06. The van der Waals surface area contributed by atoms with Gasteiger partial charge in [-0.15, -0.1) is 0 Å². The molecule has 0 atom stereocenters. The van der Waals surface area contributed by atoms with Gasteiger partial charge in [-0.25, -0.2) is 13.1 Å². The molecule has 1 aliphatic rings. The van der Waals surface area contributed by atoms with Crippen LogP contribution in [0.2, 0.25) is 0 Å². The summed E-state index contributed by atoms with van der Waals surface area (Å²) in [5.74, 6) is -1.25. The summed E-state index contributed by atoms with van der Waals surface area (Å²) >= 11 is 0. The molecule has 0 radical (unpaired) electrons. The average molecular weight is 340 g/mol. The predicted molar refractivity (Wildman–Crippen MR) is 83.6 cm³/mol. The molecular weight excluding hydrogens is 320 g/mol. The van der Waals surface area contributed by atoms with Gasteiger partial charge in [0, 0.05) is 31.6 Å². The summed E-state index contributed by atoms with van der Waals surface area (Å²) < 4.78 is 26.9. The van der Waals surface area contributed by atoms with Gasteiger partial charge in [0.1, 0.15) is 0 Å². The Kier molecular flexibility index (Phi) is 5.38. The second-order valence-electron chi connectivity index (χ2n) is 5.65. The van der Waals surface area contributed by atoms with E-state index in [1.165, 1.54) is 23.1 Å². The zero-order valence-electron chi connectivity index (χ0n) is 12.9. The van der Waals surface area contributed by atoms with Crippen LogP contribution in [0.4, 0.5) is 0 Å². The number of hydrogen-bond donors (Lipinski definition) is 2. The van der Waals surface area contributed by atoms with E-state index in [0.29, 0.717) is 13.0 Å². The quantitative estimate of drug-likeness (QED) is 0.736. The zero-order valence-corrected chi connectivity index (χ0v) is 13.7. The highest BCUT2D eigenvalue weighted by atomic mass is 32.2. The monoisotopic (exact) mass is 340 g/mol. The SMILES string of the molecule is CN(CCCC(=O)O)C(=O)c1cccc(S(=O)(=O)NC2CC2)c1. The van der Waals surface area contributed by atoms with Gasteiger partial charge in [0.25, 0.3) is 5.91 Å². The van der Waals surface area contributed by atoms with E-state index in [9.17, 15) is 18.0 Å². The molecular formula is C15H20N2O5S. The fourth-order valence-corrected chi connectivity index (χ4v) is 3.42. The number of carboxylic acids is 1. The molecule has 1 amide bonds. The lowest BCUT2D eigenvalue weighted by molar-refractivity contribution is -0.137. The number of carbonyl (C=O) groups excluding carboxylic acids is 1. The molecule has 0 spiro atoms. The van der Waals surface area contributed by atoms with Crippen molar-refractivity contribution in [3.63, 3.8) is 0 Å². The minimum absolute atomic E-state index is 0.00181. The predicted octanol–water partition coefficient (Wildman–Crippen LogP) is 1.06. The Bertz CT molecular complexity index is 698. The number of carbonyl (C=O) groups is 2. The molecule has 8 heteroatoms. The van der Waals surface area contributed by atoms with Crippen molar-refractivity contribution in [2.45, 2.75) is 36.6 Å². The molecule has 0 unspecified atom stereocenters. The van der Waals surface area contributed by atoms with Gasteiger partial charge in [-0.3, -0.25) is 9.59 Å². The van der Waals surface area contributed by atoms with E-state index in [2.05, 4.69) is 4.72 Å². The second kappa shape index (κ2) is 7.10. The Hall–Kier alpha value is -1.93. The third-order valence-corrected chi connectivity index (χ3v) is 5.04. The summed E-state index contributed by atoms with van der Waals surface area (Å²) in [6, 6.07) is 5.87. The molecule has 7 nitrogen and oxygen atoms in total. The minimum Gasteiger partial charge on any atom is -0.481 e. The molecule has 1 saturated carbocycles. The molecule has 0 bridgehead atoms. The third-order valence-electron chi connectivity index (χ3n) is 3.52. The molecule has 1 aromatic carbocycles. The molecule has 2 rings (SSSR count). The summed E-state index contributed by atoms with van der Waals surface area (Å²) in [7, 11) is -2.04. The average Bonchev–Trinajstić information content (AvgIpc) is 3.29. The van der Waals surface area contributed by atoms with E-state index >= 15 is 0 Å². The molecule has 0 saturated heterocycles. The maximum Gasteiger partial charge on any atom is 0.303 e. The van der Waals surface area contributed by atoms with Gasteiger partial charge < -0.3 is 10.0 Å². The molecule has 1 aromatic rings. The lowest BCUT2D eigenvalue weighted by Gasteiger charge is -2.17. The van der Waals surface area contributed by atoms with E-state index in [4.69, 9.17) is 5.11 Å². The Labute approximate surface area is 135 Å². The third kappa shape index (κ3) is 5.04. The molecule has 0 aliphatic heterocycles. The molecule has 0 heterocycles. The first-order valence-corrected chi connectivity index (χ1v) is 8.87. The van der Waals surface area contributed by atoms with Gasteiger partial charge in [0.15, 0.2) is 0 Å². The van der Waals surface area contributed by atoms with Gasteiger partial charge in [-0.05, 0) is 37.5 Å². The fourth-order valence-electron chi connectivity index (χ4n) is 2.07. The highest BCUT2D eigenvalue weighted by Gasteiger charge is 2.28. The normalized spacial score (nSPS) is 14.5. The van der Waals surface area contributed by atoms with Crippen molar-refractivity contribution in [2.75, 3.05) is 13.6 Å². The van der Waals surface area contributed by atoms with Crippen molar-refractivity contribution in [3.8, 4) is 0 Å². The van der Waals surface area contributed by atoms with Crippen LogP contribution in [-0.2, 0) is 14.8 Å². The number of hydrogen-bond acceptors (Lipinski definition) is 4. The van der Waals surface area contributed by atoms with Crippen molar-refractivity contribution in [1.29, 1.82) is 0 Å². The molecule has 126 valence electrons. The van der Waals surface area contributed by atoms with E-state index in [-0.39, 0.29) is 28.8 Å². The number of aliphatic carboxylic acids is 1. The summed E-state index contributed by atoms with van der Waals surface area (Å²) in [5.41, 5.74) is 0.265. The molecule has 23 heavy (non-hydrogen) atoms. The number of nitrogens with zero attached hydrogens (tertiary/aromatic N) is 1. The maximum absolute atomic E-state index is 12.3. The summed E-state index contributed by atoms with van der Waals surface area (Å²) in [5, 5.41) is 8.61. The molecule has 2 N–H and O–H groups in total. The smallest absolute Gasteiger partial charge is 0.303 e. The topological polar surface area (TPSA) is 104 Å². The number of benzene rings is 1. The Morgan fingerprint density at radius 3 is 2.65 bits per heavy atom. The lowest BCUT2D eigenvalue weighted by atomic mass is 10.2. The van der Waals surface area contributed by atoms with Crippen LogP contribution in [0.5, 0.6) is 0 Å². The first kappa shape index (κ1) is 17.4. The molecule has 1 aliphatic carbocycles. The number of amides is 1. The van der Waals surface area contributed by atoms with Crippen LogP contribution >= 0.6 is 0 Å². The number of sulfonamides is 1. The summed E-state index contributed by atoms with van der Waals surface area (Å²) in [6.45, 7) is 0.294. The molecule has 1 fully saturated rings. The van der Waals surface area contributed by atoms with Gasteiger partial charge in [0.05, 0.1) is 4.90 Å². The largest absolute Gasteiger partial charge is 0.481 e. The Morgan fingerprint density at radius 2 is 2.04 bits per heavy atom. The van der Waals surface area contributed by atoms with Crippen LogP contribution in [0.15, 0.2) is 29.2 Å². The fraction of sp³-hybridized carbons (Fsp3) is 0.467. The standard InChI is InChI=1S/C15H20N2O5S/c1-17(9-3-6-14(18)19)15(20)11-4-2-5-13(10-11)23(21,22)16-12-7-8-12/h2,4-5,10,12,16H,3,6-9H2,1H3,(H,18,19). The van der Waals surface area contributed by atoms with Gasteiger partial charge in [-0.2, -0.15) is 0 Å². The molecule has 0 aromatic heterocycles. The number of nitrogens with one attached hydrogen (secondary N) is 1. The highest BCUT2D eigenvalue weighted by molar-refractivity contribution is 7.89. The number of carboxylic acid groups (broad SMARTS) is 1. The van der Waals surface area contributed by atoms with E-state index < -0.39 is 16.0 Å². The van der Waals surface area contributed by atoms with Crippen molar-refractivity contribution in [1.82, 2.24) is 9.62 Å². The lowest BCUT2D eigenvalue weighted by Crippen LogP contribution is -2.29. The Morgan fingerprint density at radius 1 is 1.35 bits per heavy atom. The van der Waals surface area contributed by atoms with Gasteiger partial charge in [0.2, 0.25) is 10.0 Å². The summed E-state index contributed by atoms with van der Waals surface area (Å²) in [6.07, 6.45) is 2.00. The van der Waals surface area contributed by atoms with Crippen molar-refractivity contribution < 1.29 is 23.1 Å². The van der Waals surface area contributed by atoms with E-state index in [1.54, 1.807) is 13.1 Å². The summed E-state index contributed by atoms with van der Waals surface area (Å²) in [4.78, 5) is 24.2. The number of rotatable bonds is 8. The van der Waals surface area contributed by atoms with Crippen LogP contribution < -0.4 is 4.72 Å². The highest BCUT2D eigenvalue weighted by Crippen LogP contribution is 2.22. The van der Waals surface area contributed by atoms with E-state index in [0.717, 1.165) is 12.8 Å². The second-order valence-corrected chi connectivity index (χ2v) is 7.36. The van der Waals surface area contributed by atoms with Gasteiger partial charge in [-0.1, -0.05) is 6.07 Å².